The molecule has 3 nitrogen and oxygen atoms in total. The lowest BCUT2D eigenvalue weighted by Crippen LogP contribution is -2.25. The number of aromatic nitrogens is 1. The fourth-order valence-corrected chi connectivity index (χ4v) is 1.92. The Morgan fingerprint density at radius 1 is 1.15 bits per heavy atom. The van der Waals surface area contributed by atoms with Gasteiger partial charge in [0.2, 0.25) is 0 Å². The average molecular weight is 264 g/mol. The molecule has 1 N–H and O–H groups in total. The molecule has 3 heteroatoms. The molecular weight excluding hydrogens is 248 g/mol. The van der Waals surface area contributed by atoms with Crippen molar-refractivity contribution in [2.24, 2.45) is 0 Å². The Hall–Kier alpha value is -2.42. The summed E-state index contributed by atoms with van der Waals surface area (Å²) < 4.78 is 0. The van der Waals surface area contributed by atoms with Crippen molar-refractivity contribution >= 4 is 18.1 Å². The molecule has 2 aromatic rings. The standard InChI is InChI=1S/C17H16N2O/c20-17(19-15-8-9-15)14-10-11-18-16(12-14)7-6-13-4-2-1-3-5-13/h1-7,10-12,15H,8-9H2,(H,19,20). The van der Waals surface area contributed by atoms with Crippen LogP contribution in [0.5, 0.6) is 0 Å². The lowest BCUT2D eigenvalue weighted by Gasteiger charge is -2.03. The summed E-state index contributed by atoms with van der Waals surface area (Å²) in [6.45, 7) is 0. The van der Waals surface area contributed by atoms with Crippen LogP contribution in [0.15, 0.2) is 48.7 Å². The quantitative estimate of drug-likeness (QED) is 0.921. The molecule has 0 atom stereocenters. The number of pyridine rings is 1. The normalized spacial score (nSPS) is 14.4. The summed E-state index contributed by atoms with van der Waals surface area (Å²) in [5, 5.41) is 2.98. The second-order valence-electron chi connectivity index (χ2n) is 4.96. The van der Waals surface area contributed by atoms with E-state index in [1.807, 2.05) is 48.6 Å². The van der Waals surface area contributed by atoms with Crippen LogP contribution in [0.1, 0.15) is 34.5 Å². The summed E-state index contributed by atoms with van der Waals surface area (Å²) in [5.74, 6) is -0.00994. The van der Waals surface area contributed by atoms with Crippen LogP contribution in [0.3, 0.4) is 0 Å². The first-order valence-corrected chi connectivity index (χ1v) is 6.81. The van der Waals surface area contributed by atoms with E-state index in [1.165, 1.54) is 0 Å². The van der Waals surface area contributed by atoms with Crippen molar-refractivity contribution in [2.45, 2.75) is 18.9 Å². The lowest BCUT2D eigenvalue weighted by molar-refractivity contribution is 0.0951. The molecule has 3 rings (SSSR count). The molecular formula is C17H16N2O. The zero-order chi connectivity index (χ0) is 13.8. The van der Waals surface area contributed by atoms with Crippen molar-refractivity contribution < 1.29 is 4.79 Å². The molecule has 1 aliphatic carbocycles. The van der Waals surface area contributed by atoms with Crippen LogP contribution in [0.4, 0.5) is 0 Å². The van der Waals surface area contributed by atoms with Gasteiger partial charge in [-0.05, 0) is 36.6 Å². The Balaban J connectivity index is 1.73. The Labute approximate surface area is 118 Å². The average Bonchev–Trinajstić information content (AvgIpc) is 3.30. The van der Waals surface area contributed by atoms with E-state index < -0.39 is 0 Å². The monoisotopic (exact) mass is 264 g/mol. The predicted octanol–water partition coefficient (Wildman–Crippen LogP) is 3.14. The molecule has 1 fully saturated rings. The third kappa shape index (κ3) is 3.32. The Morgan fingerprint density at radius 2 is 1.95 bits per heavy atom. The topological polar surface area (TPSA) is 42.0 Å². The minimum atomic E-state index is -0.00994. The third-order valence-electron chi connectivity index (χ3n) is 3.20. The van der Waals surface area contributed by atoms with Crippen LogP contribution < -0.4 is 5.32 Å². The van der Waals surface area contributed by atoms with Crippen molar-refractivity contribution in [3.63, 3.8) is 0 Å². The van der Waals surface area contributed by atoms with Crippen molar-refractivity contribution in [1.82, 2.24) is 10.3 Å². The van der Waals surface area contributed by atoms with Gasteiger partial charge in [0.1, 0.15) is 0 Å². The second-order valence-corrected chi connectivity index (χ2v) is 4.96. The van der Waals surface area contributed by atoms with Crippen LogP contribution in [-0.4, -0.2) is 16.9 Å². The van der Waals surface area contributed by atoms with Crippen molar-refractivity contribution in [2.75, 3.05) is 0 Å². The van der Waals surface area contributed by atoms with Gasteiger partial charge in [-0.3, -0.25) is 9.78 Å². The van der Waals surface area contributed by atoms with E-state index in [0.29, 0.717) is 11.6 Å². The molecule has 0 saturated heterocycles. The Morgan fingerprint density at radius 3 is 2.70 bits per heavy atom. The molecule has 0 bridgehead atoms. The van der Waals surface area contributed by atoms with E-state index in [-0.39, 0.29) is 5.91 Å². The summed E-state index contributed by atoms with van der Waals surface area (Å²) in [4.78, 5) is 16.2. The molecule has 0 spiro atoms. The Bertz CT molecular complexity index is 630. The van der Waals surface area contributed by atoms with E-state index in [0.717, 1.165) is 24.1 Å². The summed E-state index contributed by atoms with van der Waals surface area (Å²) >= 11 is 0. The molecule has 1 aromatic carbocycles. The summed E-state index contributed by atoms with van der Waals surface area (Å²) in [6, 6.07) is 14.0. The highest BCUT2D eigenvalue weighted by atomic mass is 16.1. The van der Waals surface area contributed by atoms with Gasteiger partial charge in [0, 0.05) is 17.8 Å². The number of nitrogens with zero attached hydrogens (tertiary/aromatic N) is 1. The molecule has 1 saturated carbocycles. The maximum atomic E-state index is 12.0. The van der Waals surface area contributed by atoms with Crippen molar-refractivity contribution in [1.29, 1.82) is 0 Å². The van der Waals surface area contributed by atoms with Gasteiger partial charge >= 0.3 is 0 Å². The number of nitrogens with one attached hydrogen (secondary N) is 1. The SMILES string of the molecule is O=C(NC1CC1)c1ccnc(C=Cc2ccccc2)c1. The number of carbonyl (C=O) groups excluding carboxylic acids is 1. The summed E-state index contributed by atoms with van der Waals surface area (Å²) in [7, 11) is 0. The van der Waals surface area contributed by atoms with Crippen LogP contribution in [-0.2, 0) is 0 Å². The number of benzene rings is 1. The third-order valence-corrected chi connectivity index (χ3v) is 3.20. The van der Waals surface area contributed by atoms with Crippen LogP contribution >= 0.6 is 0 Å². The minimum absolute atomic E-state index is 0.00994. The first-order valence-electron chi connectivity index (χ1n) is 6.81. The molecule has 20 heavy (non-hydrogen) atoms. The van der Waals surface area contributed by atoms with E-state index >= 15 is 0 Å². The second kappa shape index (κ2) is 5.70. The zero-order valence-corrected chi connectivity index (χ0v) is 11.1. The maximum Gasteiger partial charge on any atom is 0.251 e. The van der Waals surface area contributed by atoms with Crippen LogP contribution in [0.2, 0.25) is 0 Å². The molecule has 1 amide bonds. The first-order chi connectivity index (χ1) is 9.81. The fourth-order valence-electron chi connectivity index (χ4n) is 1.92. The molecule has 0 aliphatic heterocycles. The lowest BCUT2D eigenvalue weighted by atomic mass is 10.1. The van der Waals surface area contributed by atoms with E-state index in [2.05, 4.69) is 10.3 Å². The van der Waals surface area contributed by atoms with Gasteiger partial charge in [-0.15, -0.1) is 0 Å². The molecule has 1 aliphatic rings. The highest BCUT2D eigenvalue weighted by Gasteiger charge is 2.23. The van der Waals surface area contributed by atoms with Gasteiger partial charge < -0.3 is 5.32 Å². The van der Waals surface area contributed by atoms with Gasteiger partial charge in [0.25, 0.3) is 5.91 Å². The van der Waals surface area contributed by atoms with E-state index in [4.69, 9.17) is 0 Å². The molecule has 1 aromatic heterocycles. The van der Waals surface area contributed by atoms with E-state index in [1.54, 1.807) is 12.3 Å². The smallest absolute Gasteiger partial charge is 0.251 e. The number of hydrogen-bond acceptors (Lipinski definition) is 2. The van der Waals surface area contributed by atoms with Crippen LogP contribution in [0, 0.1) is 0 Å². The minimum Gasteiger partial charge on any atom is -0.349 e. The maximum absolute atomic E-state index is 12.0. The molecule has 0 unspecified atom stereocenters. The predicted molar refractivity (Wildman–Crippen MR) is 80.1 cm³/mol. The van der Waals surface area contributed by atoms with Gasteiger partial charge in [0.05, 0.1) is 5.69 Å². The van der Waals surface area contributed by atoms with Gasteiger partial charge in [-0.1, -0.05) is 36.4 Å². The van der Waals surface area contributed by atoms with Crippen molar-refractivity contribution in [3.05, 3.63) is 65.5 Å². The van der Waals surface area contributed by atoms with Gasteiger partial charge in [0.15, 0.2) is 0 Å². The highest BCUT2D eigenvalue weighted by Crippen LogP contribution is 2.19. The summed E-state index contributed by atoms with van der Waals surface area (Å²) in [5.41, 5.74) is 2.57. The molecule has 100 valence electrons. The molecule has 0 radical (unpaired) electrons. The largest absolute Gasteiger partial charge is 0.349 e. The van der Waals surface area contributed by atoms with Gasteiger partial charge in [-0.2, -0.15) is 0 Å². The first kappa shape index (κ1) is 12.6. The van der Waals surface area contributed by atoms with Crippen molar-refractivity contribution in [3.8, 4) is 0 Å². The molecule has 1 heterocycles. The zero-order valence-electron chi connectivity index (χ0n) is 11.1. The highest BCUT2D eigenvalue weighted by molar-refractivity contribution is 5.95. The number of hydrogen-bond donors (Lipinski definition) is 1. The van der Waals surface area contributed by atoms with E-state index in [9.17, 15) is 4.79 Å². The number of amides is 1. The number of rotatable bonds is 4. The number of carbonyl (C=O) groups is 1. The Kier molecular flexibility index (Phi) is 3.59. The fraction of sp³-hybridized carbons (Fsp3) is 0.176. The van der Waals surface area contributed by atoms with Gasteiger partial charge in [-0.25, -0.2) is 0 Å². The summed E-state index contributed by atoms with van der Waals surface area (Å²) in [6.07, 6.45) is 7.77. The van der Waals surface area contributed by atoms with Crippen LogP contribution in [0.25, 0.3) is 12.2 Å².